The van der Waals surface area contributed by atoms with Crippen molar-refractivity contribution < 1.29 is 0 Å². The first-order chi connectivity index (χ1) is 8.81. The second kappa shape index (κ2) is 3.80. The van der Waals surface area contributed by atoms with E-state index in [1.807, 2.05) is 12.1 Å². The second-order valence-corrected chi connectivity index (χ2v) is 5.42. The number of aromatic nitrogens is 3. The number of nitrogens with one attached hydrogen (secondary N) is 2. The molecule has 2 aliphatic heterocycles. The lowest BCUT2D eigenvalue weighted by Gasteiger charge is -2.21. The molecule has 18 heavy (non-hydrogen) atoms. The van der Waals surface area contributed by atoms with Gasteiger partial charge >= 0.3 is 0 Å². The highest BCUT2D eigenvalue weighted by Gasteiger charge is 2.35. The number of nitrogens with zero attached hydrogens (tertiary/aromatic N) is 2. The highest BCUT2D eigenvalue weighted by atomic mass is 35.5. The Morgan fingerprint density at radius 1 is 1.28 bits per heavy atom. The molecular formula is C13H13ClN4. The average molecular weight is 261 g/mol. The Hall–Kier alpha value is -1.39. The standard InChI is InChI=1S/C13H13ClN4/c14-11-4-1-7(6-15-11)13-12-9-3-2-8(16-9)5-10(12)17-18-13/h1,4,6,8-9,16H,2-3,5H2,(H,17,18)/t8-,9-/m1/s1. The molecule has 2 N–H and O–H groups in total. The molecule has 2 bridgehead atoms. The number of hydrogen-bond acceptors (Lipinski definition) is 3. The fraction of sp³-hybridized carbons (Fsp3) is 0.385. The summed E-state index contributed by atoms with van der Waals surface area (Å²) >= 11 is 5.83. The third-order valence-corrected chi connectivity index (χ3v) is 4.15. The van der Waals surface area contributed by atoms with Crippen molar-refractivity contribution in [1.29, 1.82) is 0 Å². The van der Waals surface area contributed by atoms with Crippen molar-refractivity contribution in [2.75, 3.05) is 0 Å². The van der Waals surface area contributed by atoms with Gasteiger partial charge in [-0.2, -0.15) is 5.10 Å². The maximum atomic E-state index is 5.83. The summed E-state index contributed by atoms with van der Waals surface area (Å²) in [4.78, 5) is 4.14. The minimum absolute atomic E-state index is 0.447. The second-order valence-electron chi connectivity index (χ2n) is 5.03. The van der Waals surface area contributed by atoms with Gasteiger partial charge in [0.15, 0.2) is 0 Å². The predicted octanol–water partition coefficient (Wildman–Crippen LogP) is 2.47. The summed E-state index contributed by atoms with van der Waals surface area (Å²) in [7, 11) is 0. The van der Waals surface area contributed by atoms with Crippen LogP contribution in [0.3, 0.4) is 0 Å². The molecule has 4 rings (SSSR count). The highest BCUT2D eigenvalue weighted by Crippen LogP contribution is 2.39. The van der Waals surface area contributed by atoms with Gasteiger partial charge in [0.1, 0.15) is 5.15 Å². The third-order valence-electron chi connectivity index (χ3n) is 3.92. The van der Waals surface area contributed by atoms with Crippen molar-refractivity contribution in [3.63, 3.8) is 0 Å². The van der Waals surface area contributed by atoms with Gasteiger partial charge in [-0.15, -0.1) is 0 Å². The topological polar surface area (TPSA) is 53.6 Å². The maximum Gasteiger partial charge on any atom is 0.129 e. The van der Waals surface area contributed by atoms with Crippen LogP contribution in [0.1, 0.15) is 30.1 Å². The normalized spacial score (nSPS) is 25.2. The van der Waals surface area contributed by atoms with Crippen molar-refractivity contribution in [1.82, 2.24) is 20.5 Å². The van der Waals surface area contributed by atoms with Gasteiger partial charge in [0.25, 0.3) is 0 Å². The summed E-state index contributed by atoms with van der Waals surface area (Å²) in [5.74, 6) is 0. The van der Waals surface area contributed by atoms with Gasteiger partial charge in [0.05, 0.1) is 5.69 Å². The van der Waals surface area contributed by atoms with Crippen molar-refractivity contribution in [2.45, 2.75) is 31.3 Å². The number of aromatic amines is 1. The summed E-state index contributed by atoms with van der Waals surface area (Å²) in [6, 6.07) is 4.86. The van der Waals surface area contributed by atoms with E-state index in [0.717, 1.165) is 17.7 Å². The van der Waals surface area contributed by atoms with E-state index in [1.165, 1.54) is 24.1 Å². The molecule has 0 spiro atoms. The van der Waals surface area contributed by atoms with E-state index in [2.05, 4.69) is 20.5 Å². The zero-order valence-electron chi connectivity index (χ0n) is 9.78. The lowest BCUT2D eigenvalue weighted by atomic mass is 9.97. The van der Waals surface area contributed by atoms with Crippen LogP contribution in [-0.2, 0) is 6.42 Å². The number of H-pyrrole nitrogens is 1. The van der Waals surface area contributed by atoms with E-state index in [9.17, 15) is 0 Å². The molecule has 1 saturated heterocycles. The van der Waals surface area contributed by atoms with Gasteiger partial charge in [0.2, 0.25) is 0 Å². The third kappa shape index (κ3) is 1.49. The van der Waals surface area contributed by atoms with Crippen LogP contribution in [0, 0.1) is 0 Å². The minimum atomic E-state index is 0.447. The summed E-state index contributed by atoms with van der Waals surface area (Å²) in [5.41, 5.74) is 4.66. The first kappa shape index (κ1) is 10.5. The molecule has 92 valence electrons. The van der Waals surface area contributed by atoms with Crippen molar-refractivity contribution in [3.8, 4) is 11.3 Å². The molecule has 2 aromatic heterocycles. The van der Waals surface area contributed by atoms with E-state index in [4.69, 9.17) is 11.6 Å². The molecule has 0 radical (unpaired) electrons. The predicted molar refractivity (Wildman–Crippen MR) is 69.4 cm³/mol. The van der Waals surface area contributed by atoms with Crippen molar-refractivity contribution >= 4 is 11.6 Å². The molecule has 2 aromatic rings. The summed E-state index contributed by atoms with van der Waals surface area (Å²) < 4.78 is 0. The van der Waals surface area contributed by atoms with Gasteiger partial charge < -0.3 is 5.32 Å². The number of rotatable bonds is 1. The Morgan fingerprint density at radius 2 is 2.22 bits per heavy atom. The van der Waals surface area contributed by atoms with Crippen LogP contribution in [0.2, 0.25) is 5.15 Å². The Balaban J connectivity index is 1.83. The van der Waals surface area contributed by atoms with Gasteiger partial charge in [0, 0.05) is 41.5 Å². The smallest absolute Gasteiger partial charge is 0.129 e. The van der Waals surface area contributed by atoms with Gasteiger partial charge in [-0.3, -0.25) is 5.10 Å². The van der Waals surface area contributed by atoms with E-state index < -0.39 is 0 Å². The molecule has 0 aromatic carbocycles. The Labute approximate surface area is 110 Å². The fourth-order valence-electron chi connectivity index (χ4n) is 3.11. The van der Waals surface area contributed by atoms with Gasteiger partial charge in [-0.05, 0) is 25.0 Å². The quantitative estimate of drug-likeness (QED) is 0.775. The molecule has 4 heterocycles. The first-order valence-corrected chi connectivity index (χ1v) is 6.64. The molecule has 4 nitrogen and oxygen atoms in total. The maximum absolute atomic E-state index is 5.83. The number of pyridine rings is 1. The highest BCUT2D eigenvalue weighted by molar-refractivity contribution is 6.29. The summed E-state index contributed by atoms with van der Waals surface area (Å²) in [6.07, 6.45) is 5.30. The molecule has 1 fully saturated rings. The molecule has 0 amide bonds. The molecule has 0 saturated carbocycles. The summed E-state index contributed by atoms with van der Waals surface area (Å²) in [5, 5.41) is 11.8. The van der Waals surface area contributed by atoms with Crippen LogP contribution in [0.5, 0.6) is 0 Å². The largest absolute Gasteiger partial charge is 0.307 e. The lowest BCUT2D eigenvalue weighted by molar-refractivity contribution is 0.511. The van der Waals surface area contributed by atoms with Crippen LogP contribution < -0.4 is 5.32 Å². The van der Waals surface area contributed by atoms with Crippen LogP contribution in [-0.4, -0.2) is 21.2 Å². The Morgan fingerprint density at radius 3 is 3.06 bits per heavy atom. The Bertz CT molecular complexity index is 590. The van der Waals surface area contributed by atoms with Crippen molar-refractivity contribution in [2.24, 2.45) is 0 Å². The number of hydrogen-bond donors (Lipinski definition) is 2. The zero-order chi connectivity index (χ0) is 12.1. The Kier molecular flexibility index (Phi) is 2.22. The van der Waals surface area contributed by atoms with Crippen LogP contribution >= 0.6 is 11.6 Å². The van der Waals surface area contributed by atoms with Crippen LogP contribution in [0.4, 0.5) is 0 Å². The van der Waals surface area contributed by atoms with E-state index in [-0.39, 0.29) is 0 Å². The van der Waals surface area contributed by atoms with E-state index >= 15 is 0 Å². The number of fused-ring (bicyclic) bond motifs is 4. The van der Waals surface area contributed by atoms with Crippen LogP contribution in [0.25, 0.3) is 11.3 Å². The summed E-state index contributed by atoms with van der Waals surface area (Å²) in [6.45, 7) is 0. The monoisotopic (exact) mass is 260 g/mol. The van der Waals surface area contributed by atoms with Crippen LogP contribution in [0.15, 0.2) is 18.3 Å². The fourth-order valence-corrected chi connectivity index (χ4v) is 3.22. The number of halogens is 1. The molecule has 0 aliphatic carbocycles. The molecule has 0 unspecified atom stereocenters. The van der Waals surface area contributed by atoms with Crippen molar-refractivity contribution in [3.05, 3.63) is 34.7 Å². The van der Waals surface area contributed by atoms with E-state index in [1.54, 1.807) is 6.20 Å². The van der Waals surface area contributed by atoms with Gasteiger partial charge in [-0.25, -0.2) is 4.98 Å². The molecule has 2 aliphatic rings. The zero-order valence-corrected chi connectivity index (χ0v) is 10.5. The minimum Gasteiger partial charge on any atom is -0.307 e. The first-order valence-electron chi connectivity index (χ1n) is 6.26. The van der Waals surface area contributed by atoms with E-state index in [0.29, 0.717) is 17.2 Å². The molecule has 2 atom stereocenters. The molecular weight excluding hydrogens is 248 g/mol. The SMILES string of the molecule is Clc1ccc(-c2n[nH]c3c2[C@H]2CC[C@H](C3)N2)cn1. The van der Waals surface area contributed by atoms with Gasteiger partial charge in [-0.1, -0.05) is 11.6 Å². The lowest BCUT2D eigenvalue weighted by Crippen LogP contribution is -2.31. The average Bonchev–Trinajstić information content (AvgIpc) is 2.96. The molecule has 5 heteroatoms.